The van der Waals surface area contributed by atoms with Crippen LogP contribution in [0.3, 0.4) is 0 Å². The number of imidazole rings is 1. The van der Waals surface area contributed by atoms with Crippen LogP contribution < -0.4 is 10.1 Å². The Hall–Kier alpha value is -3.75. The number of aryl methyl sites for hydroxylation is 1. The Morgan fingerprint density at radius 3 is 2.71 bits per heavy atom. The Bertz CT molecular complexity index is 1070. The normalized spacial score (nSPS) is 12.1. The third kappa shape index (κ3) is 3.83. The molecule has 0 aliphatic heterocycles. The Balaban J connectivity index is 1.32. The van der Waals surface area contributed by atoms with Crippen LogP contribution >= 0.6 is 0 Å². The molecule has 0 unspecified atom stereocenters. The summed E-state index contributed by atoms with van der Waals surface area (Å²) in [6.07, 6.45) is 0. The van der Waals surface area contributed by atoms with Crippen molar-refractivity contribution < 1.29 is 9.53 Å². The molecule has 9 heteroatoms. The molecule has 2 aromatic carbocycles. The molecule has 0 radical (unpaired) electrons. The van der Waals surface area contributed by atoms with Crippen LogP contribution in [-0.4, -0.2) is 42.7 Å². The van der Waals surface area contributed by atoms with Crippen molar-refractivity contribution in [3.63, 3.8) is 0 Å². The number of ether oxygens (including phenoxy) is 1. The molecule has 4 aromatic rings. The fourth-order valence-electron chi connectivity index (χ4n) is 2.78. The lowest BCUT2D eigenvalue weighted by Gasteiger charge is -2.12. The zero-order valence-corrected chi connectivity index (χ0v) is 15.5. The van der Waals surface area contributed by atoms with Gasteiger partial charge in [0.15, 0.2) is 6.61 Å². The first-order valence-electron chi connectivity index (χ1n) is 8.80. The molecule has 142 valence electrons. The number of hydrogen-bond donors (Lipinski definition) is 2. The van der Waals surface area contributed by atoms with Gasteiger partial charge < -0.3 is 15.0 Å². The number of aromatic nitrogens is 6. The summed E-state index contributed by atoms with van der Waals surface area (Å²) in [4.78, 5) is 21.3. The van der Waals surface area contributed by atoms with Crippen molar-refractivity contribution >= 4 is 16.9 Å². The second kappa shape index (κ2) is 7.47. The molecule has 9 nitrogen and oxygen atoms in total. The van der Waals surface area contributed by atoms with E-state index in [1.54, 1.807) is 19.2 Å². The lowest BCUT2D eigenvalue weighted by molar-refractivity contribution is -0.123. The molecule has 0 saturated heterocycles. The Labute approximate surface area is 160 Å². The maximum absolute atomic E-state index is 12.2. The number of aromatic amines is 1. The Morgan fingerprint density at radius 1 is 1.21 bits per heavy atom. The highest BCUT2D eigenvalue weighted by molar-refractivity contribution is 5.78. The van der Waals surface area contributed by atoms with Gasteiger partial charge in [0.2, 0.25) is 5.82 Å². The summed E-state index contributed by atoms with van der Waals surface area (Å²) >= 11 is 0. The van der Waals surface area contributed by atoms with Gasteiger partial charge in [-0.25, -0.2) is 4.98 Å². The highest BCUT2D eigenvalue weighted by atomic mass is 16.5. The number of tetrazole rings is 1. The average molecular weight is 377 g/mol. The summed E-state index contributed by atoms with van der Waals surface area (Å²) < 4.78 is 5.56. The molecule has 0 saturated carbocycles. The predicted octanol–water partition coefficient (Wildman–Crippen LogP) is 2.01. The number of para-hydroxylation sites is 2. The molecule has 4 rings (SSSR count). The zero-order valence-electron chi connectivity index (χ0n) is 15.5. The molecule has 2 N–H and O–H groups in total. The van der Waals surface area contributed by atoms with Gasteiger partial charge in [-0.2, -0.15) is 4.80 Å². The standard InChI is InChI=1S/C19H19N7O2/c1-12(18-21-15-5-3-4-6-16(15)22-18)20-17(27)11-28-14-9-7-13(8-10-14)19-23-25-26(2)24-19/h3-10,12H,11H2,1-2H3,(H,20,27)(H,21,22)/t12-/m0/s1. The summed E-state index contributed by atoms with van der Waals surface area (Å²) in [5, 5.41) is 14.8. The van der Waals surface area contributed by atoms with Crippen molar-refractivity contribution in [2.75, 3.05) is 6.61 Å². The fraction of sp³-hybridized carbons (Fsp3) is 0.211. The van der Waals surface area contributed by atoms with E-state index in [1.165, 1.54) is 4.80 Å². The smallest absolute Gasteiger partial charge is 0.258 e. The molecule has 1 atom stereocenters. The monoisotopic (exact) mass is 377 g/mol. The molecule has 1 amide bonds. The summed E-state index contributed by atoms with van der Waals surface area (Å²) in [6, 6.07) is 14.7. The number of carbonyl (C=O) groups excluding carboxylic acids is 1. The van der Waals surface area contributed by atoms with Crippen LogP contribution in [0.25, 0.3) is 22.4 Å². The third-order valence-corrected chi connectivity index (χ3v) is 4.19. The van der Waals surface area contributed by atoms with E-state index in [2.05, 4.69) is 30.7 Å². The number of hydrogen-bond acceptors (Lipinski definition) is 6. The molecule has 28 heavy (non-hydrogen) atoms. The Kier molecular flexibility index (Phi) is 4.71. The third-order valence-electron chi connectivity index (χ3n) is 4.19. The van der Waals surface area contributed by atoms with Gasteiger partial charge in [-0.15, -0.1) is 10.2 Å². The SMILES string of the molecule is C[C@H](NC(=O)COc1ccc(-c2nnn(C)n2)cc1)c1nc2ccccc2[nH]1. The fourth-order valence-corrected chi connectivity index (χ4v) is 2.78. The Morgan fingerprint density at radius 2 is 2.00 bits per heavy atom. The van der Waals surface area contributed by atoms with E-state index in [1.807, 2.05) is 43.3 Å². The number of amides is 1. The van der Waals surface area contributed by atoms with E-state index in [4.69, 9.17) is 4.74 Å². The van der Waals surface area contributed by atoms with Crippen molar-refractivity contribution in [1.29, 1.82) is 0 Å². The largest absolute Gasteiger partial charge is 0.484 e. The number of benzene rings is 2. The molecule has 2 heterocycles. The van der Waals surface area contributed by atoms with E-state index in [-0.39, 0.29) is 18.6 Å². The van der Waals surface area contributed by atoms with Gasteiger partial charge in [-0.05, 0) is 48.5 Å². The summed E-state index contributed by atoms with van der Waals surface area (Å²) in [7, 11) is 1.71. The van der Waals surface area contributed by atoms with Crippen molar-refractivity contribution in [3.8, 4) is 17.1 Å². The van der Waals surface area contributed by atoms with Crippen molar-refractivity contribution in [1.82, 2.24) is 35.5 Å². The maximum Gasteiger partial charge on any atom is 0.258 e. The zero-order chi connectivity index (χ0) is 19.5. The van der Waals surface area contributed by atoms with Crippen LogP contribution in [0, 0.1) is 0 Å². The minimum Gasteiger partial charge on any atom is -0.484 e. The molecular formula is C19H19N7O2. The van der Waals surface area contributed by atoms with Crippen LogP contribution in [0.1, 0.15) is 18.8 Å². The topological polar surface area (TPSA) is 111 Å². The highest BCUT2D eigenvalue weighted by Gasteiger charge is 2.14. The second-order valence-corrected chi connectivity index (χ2v) is 6.34. The van der Waals surface area contributed by atoms with Gasteiger partial charge in [0.25, 0.3) is 5.91 Å². The van der Waals surface area contributed by atoms with E-state index >= 15 is 0 Å². The first-order valence-corrected chi connectivity index (χ1v) is 8.80. The van der Waals surface area contributed by atoms with Gasteiger partial charge in [-0.1, -0.05) is 12.1 Å². The van der Waals surface area contributed by atoms with Gasteiger partial charge in [0.05, 0.1) is 24.1 Å². The highest BCUT2D eigenvalue weighted by Crippen LogP contribution is 2.19. The van der Waals surface area contributed by atoms with E-state index in [9.17, 15) is 4.79 Å². The van der Waals surface area contributed by atoms with Gasteiger partial charge in [-0.3, -0.25) is 4.79 Å². The van der Waals surface area contributed by atoms with Crippen LogP contribution in [0.2, 0.25) is 0 Å². The first kappa shape index (κ1) is 17.7. The number of carbonyl (C=O) groups is 1. The first-order chi connectivity index (χ1) is 13.6. The number of H-pyrrole nitrogens is 1. The quantitative estimate of drug-likeness (QED) is 0.532. The lowest BCUT2D eigenvalue weighted by atomic mass is 10.2. The van der Waals surface area contributed by atoms with E-state index in [0.717, 1.165) is 16.6 Å². The van der Waals surface area contributed by atoms with E-state index in [0.29, 0.717) is 17.4 Å². The van der Waals surface area contributed by atoms with E-state index < -0.39 is 0 Å². The maximum atomic E-state index is 12.2. The van der Waals surface area contributed by atoms with Crippen molar-refractivity contribution in [2.45, 2.75) is 13.0 Å². The van der Waals surface area contributed by atoms with Crippen LogP contribution in [0.15, 0.2) is 48.5 Å². The summed E-state index contributed by atoms with van der Waals surface area (Å²) in [5.74, 6) is 1.59. The van der Waals surface area contributed by atoms with Gasteiger partial charge >= 0.3 is 0 Å². The molecule has 0 aliphatic rings. The van der Waals surface area contributed by atoms with Gasteiger partial charge in [0, 0.05) is 5.56 Å². The summed E-state index contributed by atoms with van der Waals surface area (Å²) in [5.41, 5.74) is 2.63. The predicted molar refractivity (Wildman–Crippen MR) is 102 cm³/mol. The minimum atomic E-state index is -0.256. The molecular weight excluding hydrogens is 358 g/mol. The molecule has 2 aromatic heterocycles. The number of nitrogens with zero attached hydrogens (tertiary/aromatic N) is 5. The van der Waals surface area contributed by atoms with Crippen LogP contribution in [0.4, 0.5) is 0 Å². The lowest BCUT2D eigenvalue weighted by Crippen LogP contribution is -2.31. The number of fused-ring (bicyclic) bond motifs is 1. The molecule has 0 bridgehead atoms. The molecule has 0 fully saturated rings. The average Bonchev–Trinajstić information content (AvgIpc) is 3.33. The molecule has 0 aliphatic carbocycles. The molecule has 0 spiro atoms. The van der Waals surface area contributed by atoms with Crippen LogP contribution in [0.5, 0.6) is 5.75 Å². The number of rotatable bonds is 6. The number of nitrogens with one attached hydrogen (secondary N) is 2. The van der Waals surface area contributed by atoms with Crippen molar-refractivity contribution in [3.05, 3.63) is 54.4 Å². The van der Waals surface area contributed by atoms with Crippen molar-refractivity contribution in [2.24, 2.45) is 7.05 Å². The second-order valence-electron chi connectivity index (χ2n) is 6.34. The summed E-state index contributed by atoms with van der Waals surface area (Å²) in [6.45, 7) is 1.78. The van der Waals surface area contributed by atoms with Gasteiger partial charge in [0.1, 0.15) is 11.6 Å². The van der Waals surface area contributed by atoms with Crippen LogP contribution in [-0.2, 0) is 11.8 Å². The minimum absolute atomic E-state index is 0.0900.